The Balaban J connectivity index is 3.39. The van der Waals surface area contributed by atoms with E-state index in [1.807, 2.05) is 0 Å². The Kier molecular flexibility index (Phi) is 3.74. The number of sulfonamides is 1. The van der Waals surface area contributed by atoms with E-state index in [0.717, 1.165) is 6.07 Å². The summed E-state index contributed by atoms with van der Waals surface area (Å²) in [6, 6.07) is 2.32. The van der Waals surface area contributed by atoms with Crippen LogP contribution in [0.25, 0.3) is 0 Å². The Hall–Kier alpha value is -0.600. The number of nitrogens with zero attached hydrogens (tertiary/aromatic N) is 1. The number of hydrogen-bond acceptors (Lipinski definition) is 3. The average molecular weight is 301 g/mol. The lowest BCUT2D eigenvalue weighted by molar-refractivity contribution is 0.145. The SMILES string of the molecule is NS(=O)(=O)c1nc(C(F)F)ccc1CBr. The largest absolute Gasteiger partial charge is 0.280 e. The summed E-state index contributed by atoms with van der Waals surface area (Å²) in [5.41, 5.74) is -0.356. The first-order chi connectivity index (χ1) is 6.86. The summed E-state index contributed by atoms with van der Waals surface area (Å²) in [5.74, 6) is 0. The maximum atomic E-state index is 12.3. The van der Waals surface area contributed by atoms with Crippen LogP contribution in [-0.2, 0) is 15.4 Å². The molecule has 8 heteroatoms. The molecule has 15 heavy (non-hydrogen) atoms. The van der Waals surface area contributed by atoms with Gasteiger partial charge in [-0.1, -0.05) is 22.0 Å². The lowest BCUT2D eigenvalue weighted by atomic mass is 10.3. The number of halogens is 3. The Morgan fingerprint density at radius 3 is 2.47 bits per heavy atom. The van der Waals surface area contributed by atoms with Gasteiger partial charge in [0.05, 0.1) is 0 Å². The number of rotatable bonds is 3. The molecule has 0 fully saturated rings. The maximum Gasteiger partial charge on any atom is 0.280 e. The molecule has 0 aromatic carbocycles. The molecule has 0 radical (unpaired) electrons. The van der Waals surface area contributed by atoms with Crippen LogP contribution in [0.4, 0.5) is 8.78 Å². The maximum absolute atomic E-state index is 12.3. The second kappa shape index (κ2) is 4.50. The first-order valence-corrected chi connectivity index (χ1v) is 6.39. The van der Waals surface area contributed by atoms with Gasteiger partial charge in [-0.25, -0.2) is 27.3 Å². The number of nitrogens with two attached hydrogens (primary N) is 1. The molecule has 0 saturated heterocycles. The highest BCUT2D eigenvalue weighted by Crippen LogP contribution is 2.21. The van der Waals surface area contributed by atoms with Gasteiger partial charge in [-0.05, 0) is 6.07 Å². The van der Waals surface area contributed by atoms with Gasteiger partial charge in [0, 0.05) is 10.9 Å². The molecule has 1 aromatic heterocycles. The van der Waals surface area contributed by atoms with Crippen molar-refractivity contribution >= 4 is 26.0 Å². The van der Waals surface area contributed by atoms with Crippen LogP contribution in [0, 0.1) is 0 Å². The molecule has 1 aromatic rings. The molecule has 0 bridgehead atoms. The fraction of sp³-hybridized carbons (Fsp3) is 0.286. The van der Waals surface area contributed by atoms with E-state index < -0.39 is 27.2 Å². The minimum Gasteiger partial charge on any atom is -0.234 e. The van der Waals surface area contributed by atoms with Crippen LogP contribution in [0.1, 0.15) is 17.7 Å². The van der Waals surface area contributed by atoms with Crippen LogP contribution >= 0.6 is 15.9 Å². The third-order valence-electron chi connectivity index (χ3n) is 1.60. The smallest absolute Gasteiger partial charge is 0.234 e. The zero-order chi connectivity index (χ0) is 11.6. The minimum atomic E-state index is -4.08. The summed E-state index contributed by atoms with van der Waals surface area (Å²) in [6.45, 7) is 0. The Bertz CT molecular complexity index is 464. The normalized spacial score (nSPS) is 12.1. The zero-order valence-electron chi connectivity index (χ0n) is 7.32. The lowest BCUT2D eigenvalue weighted by Crippen LogP contribution is -2.17. The summed E-state index contributed by atoms with van der Waals surface area (Å²) in [6.07, 6.45) is -2.82. The molecule has 0 amide bonds. The number of primary sulfonamides is 1. The van der Waals surface area contributed by atoms with Crippen molar-refractivity contribution in [3.05, 3.63) is 23.4 Å². The molecular weight excluding hydrogens is 294 g/mol. The predicted molar refractivity (Wildman–Crippen MR) is 53.2 cm³/mol. The van der Waals surface area contributed by atoms with E-state index >= 15 is 0 Å². The molecule has 0 saturated carbocycles. The monoisotopic (exact) mass is 300 g/mol. The molecule has 0 unspecified atom stereocenters. The standard InChI is InChI=1S/C7H7BrF2N2O2S/c8-3-4-1-2-5(6(9)10)12-7(4)15(11,13)14/h1-2,6H,3H2,(H2,11,13,14). The molecule has 4 nitrogen and oxygen atoms in total. The highest BCUT2D eigenvalue weighted by Gasteiger charge is 2.19. The topological polar surface area (TPSA) is 73.1 Å². The number of pyridine rings is 1. The van der Waals surface area contributed by atoms with E-state index in [1.165, 1.54) is 6.07 Å². The van der Waals surface area contributed by atoms with Gasteiger partial charge in [-0.2, -0.15) is 0 Å². The van der Waals surface area contributed by atoms with Gasteiger partial charge in [0.25, 0.3) is 16.4 Å². The van der Waals surface area contributed by atoms with Crippen LogP contribution in [0.5, 0.6) is 0 Å². The number of aromatic nitrogens is 1. The molecule has 2 N–H and O–H groups in total. The molecule has 1 heterocycles. The third-order valence-corrected chi connectivity index (χ3v) is 3.09. The minimum absolute atomic E-state index is 0.176. The molecule has 0 aliphatic carbocycles. The summed E-state index contributed by atoms with van der Waals surface area (Å²) < 4.78 is 46.6. The van der Waals surface area contributed by atoms with Crippen molar-refractivity contribution in [1.29, 1.82) is 0 Å². The van der Waals surface area contributed by atoms with E-state index in [4.69, 9.17) is 5.14 Å². The van der Waals surface area contributed by atoms with Gasteiger partial charge < -0.3 is 0 Å². The quantitative estimate of drug-likeness (QED) is 0.861. The van der Waals surface area contributed by atoms with Crippen molar-refractivity contribution in [2.75, 3.05) is 0 Å². The van der Waals surface area contributed by atoms with Gasteiger partial charge >= 0.3 is 0 Å². The predicted octanol–water partition coefficient (Wildman–Crippen LogP) is 1.56. The lowest BCUT2D eigenvalue weighted by Gasteiger charge is -2.06. The van der Waals surface area contributed by atoms with Crippen molar-refractivity contribution in [2.45, 2.75) is 16.8 Å². The van der Waals surface area contributed by atoms with E-state index in [-0.39, 0.29) is 10.9 Å². The molecule has 84 valence electrons. The van der Waals surface area contributed by atoms with Gasteiger partial charge in [-0.15, -0.1) is 0 Å². The van der Waals surface area contributed by atoms with Gasteiger partial charge in [-0.3, -0.25) is 0 Å². The number of hydrogen-bond donors (Lipinski definition) is 1. The Morgan fingerprint density at radius 2 is 2.07 bits per heavy atom. The summed E-state index contributed by atoms with van der Waals surface area (Å²) in [5, 5.41) is 4.51. The molecule has 0 aliphatic rings. The van der Waals surface area contributed by atoms with Crippen LogP contribution in [0.3, 0.4) is 0 Å². The van der Waals surface area contributed by atoms with E-state index in [0.29, 0.717) is 0 Å². The second-order valence-corrected chi connectivity index (χ2v) is 4.72. The first kappa shape index (κ1) is 12.5. The highest BCUT2D eigenvalue weighted by molar-refractivity contribution is 9.08. The molecule has 1 rings (SSSR count). The number of alkyl halides is 3. The van der Waals surface area contributed by atoms with Crippen LogP contribution < -0.4 is 5.14 Å². The van der Waals surface area contributed by atoms with Crippen molar-refractivity contribution in [2.24, 2.45) is 5.14 Å². The van der Waals surface area contributed by atoms with Crippen molar-refractivity contribution in [3.8, 4) is 0 Å². The van der Waals surface area contributed by atoms with Crippen molar-refractivity contribution < 1.29 is 17.2 Å². The van der Waals surface area contributed by atoms with Gasteiger partial charge in [0.15, 0.2) is 5.03 Å². The molecule has 0 atom stereocenters. The van der Waals surface area contributed by atoms with Crippen LogP contribution in [-0.4, -0.2) is 13.4 Å². The highest BCUT2D eigenvalue weighted by atomic mass is 79.9. The summed E-state index contributed by atoms with van der Waals surface area (Å²) in [4.78, 5) is 3.32. The molecule has 0 aliphatic heterocycles. The van der Waals surface area contributed by atoms with E-state index in [9.17, 15) is 17.2 Å². The fourth-order valence-electron chi connectivity index (χ4n) is 0.953. The van der Waals surface area contributed by atoms with Crippen LogP contribution in [0.2, 0.25) is 0 Å². The Morgan fingerprint density at radius 1 is 1.47 bits per heavy atom. The Labute approximate surface area is 93.7 Å². The summed E-state index contributed by atoms with van der Waals surface area (Å²) >= 11 is 3.01. The van der Waals surface area contributed by atoms with Crippen molar-refractivity contribution in [1.82, 2.24) is 4.98 Å². The molecular formula is C7H7BrF2N2O2S. The van der Waals surface area contributed by atoms with E-state index in [1.54, 1.807) is 0 Å². The van der Waals surface area contributed by atoms with Crippen LogP contribution in [0.15, 0.2) is 17.2 Å². The average Bonchev–Trinajstić information content (AvgIpc) is 2.15. The second-order valence-electron chi connectivity index (χ2n) is 2.68. The van der Waals surface area contributed by atoms with Gasteiger partial charge in [0.2, 0.25) is 0 Å². The first-order valence-electron chi connectivity index (χ1n) is 3.73. The fourth-order valence-corrected chi connectivity index (χ4v) is 2.33. The summed E-state index contributed by atoms with van der Waals surface area (Å²) in [7, 11) is -4.08. The van der Waals surface area contributed by atoms with E-state index in [2.05, 4.69) is 20.9 Å². The van der Waals surface area contributed by atoms with Crippen molar-refractivity contribution in [3.63, 3.8) is 0 Å². The molecule has 0 spiro atoms. The van der Waals surface area contributed by atoms with Gasteiger partial charge in [0.1, 0.15) is 5.69 Å². The third kappa shape index (κ3) is 2.93. The zero-order valence-corrected chi connectivity index (χ0v) is 9.72.